The third-order valence-electron chi connectivity index (χ3n) is 2.67. The molecule has 1 aromatic carbocycles. The summed E-state index contributed by atoms with van der Waals surface area (Å²) in [5.74, 6) is -1.35. The van der Waals surface area contributed by atoms with E-state index in [1.807, 2.05) is 0 Å². The second-order valence-corrected chi connectivity index (χ2v) is 4.28. The second-order valence-electron chi connectivity index (χ2n) is 4.28. The van der Waals surface area contributed by atoms with Crippen molar-refractivity contribution in [2.75, 3.05) is 0 Å². The molecular formula is C14H21NO3. The molecule has 0 aliphatic heterocycles. The van der Waals surface area contributed by atoms with Crippen LogP contribution in [-0.4, -0.2) is 23.0 Å². The van der Waals surface area contributed by atoms with Crippen molar-refractivity contribution < 1.29 is 14.7 Å². The van der Waals surface area contributed by atoms with E-state index in [2.05, 4.69) is 44.3 Å². The molecule has 0 spiro atoms. The molecule has 4 heteroatoms. The first-order valence-corrected chi connectivity index (χ1v) is 5.78. The normalized spacial score (nSPS) is 10.9. The van der Waals surface area contributed by atoms with Gasteiger partial charge >= 0.3 is 5.97 Å². The molecule has 0 saturated carbocycles. The minimum absolute atomic E-state index is 0.329. The monoisotopic (exact) mass is 251 g/mol. The van der Waals surface area contributed by atoms with E-state index in [-0.39, 0.29) is 5.91 Å². The fourth-order valence-electron chi connectivity index (χ4n) is 1.26. The third-order valence-corrected chi connectivity index (χ3v) is 2.67. The molecule has 0 bridgehead atoms. The molecule has 100 valence electrons. The maximum absolute atomic E-state index is 10.2. The minimum Gasteiger partial charge on any atom is -0.480 e. The zero-order valence-corrected chi connectivity index (χ0v) is 11.6. The molecule has 0 aliphatic rings. The average molecular weight is 251 g/mol. The second kappa shape index (κ2) is 7.48. The van der Waals surface area contributed by atoms with Crippen molar-refractivity contribution in [2.45, 2.75) is 40.7 Å². The van der Waals surface area contributed by atoms with Gasteiger partial charge in [0, 0.05) is 6.92 Å². The lowest BCUT2D eigenvalue weighted by molar-refractivity contribution is -0.140. The summed E-state index contributed by atoms with van der Waals surface area (Å²) in [6.07, 6.45) is 0. The number of carbonyl (C=O) groups excluding carboxylic acids is 1. The van der Waals surface area contributed by atoms with Gasteiger partial charge in [0.1, 0.15) is 6.04 Å². The summed E-state index contributed by atoms with van der Waals surface area (Å²) in [6.45, 7) is 9.12. The van der Waals surface area contributed by atoms with Gasteiger partial charge in [-0.3, -0.25) is 9.59 Å². The van der Waals surface area contributed by atoms with Crippen molar-refractivity contribution in [3.63, 3.8) is 0 Å². The number of hydrogen-bond donors (Lipinski definition) is 2. The van der Waals surface area contributed by atoms with Crippen LogP contribution in [0.25, 0.3) is 0 Å². The van der Waals surface area contributed by atoms with Crippen molar-refractivity contribution >= 4 is 11.9 Å². The van der Waals surface area contributed by atoms with Gasteiger partial charge in [-0.05, 0) is 44.4 Å². The topological polar surface area (TPSA) is 66.4 Å². The van der Waals surface area contributed by atoms with E-state index in [0.29, 0.717) is 0 Å². The van der Waals surface area contributed by atoms with Crippen LogP contribution in [0, 0.1) is 20.8 Å². The predicted octanol–water partition coefficient (Wildman–Crippen LogP) is 2.21. The van der Waals surface area contributed by atoms with Crippen LogP contribution < -0.4 is 5.32 Å². The molecule has 1 amide bonds. The van der Waals surface area contributed by atoms with Gasteiger partial charge in [-0.1, -0.05) is 18.2 Å². The molecule has 4 nitrogen and oxygen atoms in total. The number of benzene rings is 1. The van der Waals surface area contributed by atoms with Gasteiger partial charge in [-0.25, -0.2) is 0 Å². The highest BCUT2D eigenvalue weighted by Crippen LogP contribution is 2.09. The van der Waals surface area contributed by atoms with E-state index in [0.717, 1.165) is 0 Å². The Morgan fingerprint density at radius 3 is 1.83 bits per heavy atom. The molecule has 18 heavy (non-hydrogen) atoms. The lowest BCUT2D eigenvalue weighted by atomic mass is 10.1. The van der Waals surface area contributed by atoms with Crippen LogP contribution >= 0.6 is 0 Å². The Kier molecular flexibility index (Phi) is 6.71. The zero-order chi connectivity index (χ0) is 14.3. The van der Waals surface area contributed by atoms with Crippen molar-refractivity contribution in [3.05, 3.63) is 34.9 Å². The van der Waals surface area contributed by atoms with Crippen LogP contribution in [0.2, 0.25) is 0 Å². The number of carboxylic acids is 1. The summed E-state index contributed by atoms with van der Waals surface area (Å²) < 4.78 is 0. The number of carboxylic acid groups (broad SMARTS) is 1. The quantitative estimate of drug-likeness (QED) is 0.846. The number of aryl methyl sites for hydroxylation is 2. The number of nitrogens with one attached hydrogen (secondary N) is 1. The van der Waals surface area contributed by atoms with Crippen LogP contribution in [-0.2, 0) is 9.59 Å². The number of carbonyl (C=O) groups is 2. The first-order chi connectivity index (χ1) is 8.25. The first-order valence-electron chi connectivity index (χ1n) is 5.78. The number of aliphatic carboxylic acids is 1. The summed E-state index contributed by atoms with van der Waals surface area (Å²) >= 11 is 0. The van der Waals surface area contributed by atoms with Crippen LogP contribution in [0.1, 0.15) is 30.5 Å². The number of rotatable bonds is 2. The third kappa shape index (κ3) is 6.03. The standard InChI is InChI=1S/C9H12.C5H9NO3/c1-7-5-4-6-8(2)9(7)3;1-3(5(8)9)6-4(2)7/h4-6H,1-3H3;3H,1-2H3,(H,6,7)(H,8,9). The maximum atomic E-state index is 10.2. The molecule has 1 rings (SSSR count). The summed E-state index contributed by atoms with van der Waals surface area (Å²) in [7, 11) is 0. The fourth-order valence-corrected chi connectivity index (χ4v) is 1.26. The lowest BCUT2D eigenvalue weighted by Crippen LogP contribution is -2.36. The van der Waals surface area contributed by atoms with Gasteiger partial charge in [0.25, 0.3) is 0 Å². The van der Waals surface area contributed by atoms with Gasteiger partial charge in [0.15, 0.2) is 0 Å². The van der Waals surface area contributed by atoms with E-state index in [9.17, 15) is 9.59 Å². The highest BCUT2D eigenvalue weighted by molar-refractivity contribution is 5.81. The van der Waals surface area contributed by atoms with Crippen molar-refractivity contribution in [1.29, 1.82) is 0 Å². The Hall–Kier alpha value is -1.84. The molecular weight excluding hydrogens is 230 g/mol. The van der Waals surface area contributed by atoms with Crippen LogP contribution in [0.5, 0.6) is 0 Å². The van der Waals surface area contributed by atoms with Crippen molar-refractivity contribution in [3.8, 4) is 0 Å². The molecule has 1 unspecified atom stereocenters. The largest absolute Gasteiger partial charge is 0.480 e. The molecule has 0 aromatic heterocycles. The highest BCUT2D eigenvalue weighted by atomic mass is 16.4. The first kappa shape index (κ1) is 16.2. The van der Waals surface area contributed by atoms with Gasteiger partial charge in [-0.2, -0.15) is 0 Å². The van der Waals surface area contributed by atoms with Crippen molar-refractivity contribution in [2.24, 2.45) is 0 Å². The summed E-state index contributed by atoms with van der Waals surface area (Å²) in [6, 6.07) is 5.59. The van der Waals surface area contributed by atoms with Crippen molar-refractivity contribution in [1.82, 2.24) is 5.32 Å². The lowest BCUT2D eigenvalue weighted by Gasteiger charge is -2.04. The van der Waals surface area contributed by atoms with E-state index in [1.54, 1.807) is 0 Å². The van der Waals surface area contributed by atoms with E-state index in [1.165, 1.54) is 30.5 Å². The Balaban J connectivity index is 0.000000321. The summed E-state index contributed by atoms with van der Waals surface area (Å²) in [4.78, 5) is 20.2. The van der Waals surface area contributed by atoms with E-state index in [4.69, 9.17) is 5.11 Å². The molecule has 1 atom stereocenters. The molecule has 2 N–H and O–H groups in total. The SMILES string of the molecule is CC(=O)NC(C)C(=O)O.Cc1cccc(C)c1C. The van der Waals surface area contributed by atoms with Gasteiger partial charge in [0.2, 0.25) is 5.91 Å². The number of amides is 1. The zero-order valence-electron chi connectivity index (χ0n) is 11.6. The Bertz CT molecular complexity index is 407. The number of hydrogen-bond acceptors (Lipinski definition) is 2. The molecule has 0 radical (unpaired) electrons. The van der Waals surface area contributed by atoms with E-state index >= 15 is 0 Å². The molecule has 1 aromatic rings. The Morgan fingerprint density at radius 2 is 1.61 bits per heavy atom. The van der Waals surface area contributed by atoms with Crippen LogP contribution in [0.15, 0.2) is 18.2 Å². The Labute approximate surface area is 108 Å². The highest BCUT2D eigenvalue weighted by Gasteiger charge is 2.09. The molecule has 0 aliphatic carbocycles. The van der Waals surface area contributed by atoms with Crippen LogP contribution in [0.3, 0.4) is 0 Å². The maximum Gasteiger partial charge on any atom is 0.325 e. The minimum atomic E-state index is -1.02. The molecule has 0 heterocycles. The van der Waals surface area contributed by atoms with E-state index < -0.39 is 12.0 Å². The van der Waals surface area contributed by atoms with Gasteiger partial charge in [0.05, 0.1) is 0 Å². The summed E-state index contributed by atoms with van der Waals surface area (Å²) in [5.41, 5.74) is 4.18. The molecule has 0 fully saturated rings. The summed E-state index contributed by atoms with van der Waals surface area (Å²) in [5, 5.41) is 10.4. The Morgan fingerprint density at radius 1 is 1.17 bits per heavy atom. The van der Waals surface area contributed by atoms with Gasteiger partial charge in [-0.15, -0.1) is 0 Å². The van der Waals surface area contributed by atoms with Crippen LogP contribution in [0.4, 0.5) is 0 Å². The fraction of sp³-hybridized carbons (Fsp3) is 0.429. The average Bonchev–Trinajstić information content (AvgIpc) is 2.25. The molecule has 0 saturated heterocycles. The predicted molar refractivity (Wildman–Crippen MR) is 71.6 cm³/mol. The smallest absolute Gasteiger partial charge is 0.325 e. The van der Waals surface area contributed by atoms with Gasteiger partial charge < -0.3 is 10.4 Å².